The molecule has 0 aliphatic rings. The minimum Gasteiger partial charge on any atom is -0.497 e. The Labute approximate surface area is 174 Å². The van der Waals surface area contributed by atoms with E-state index >= 15 is 0 Å². The fourth-order valence-corrected chi connectivity index (χ4v) is 3.44. The number of methoxy groups -OCH3 is 1. The number of para-hydroxylation sites is 2. The number of nitrogen functional groups attached to an aromatic ring is 1. The lowest BCUT2D eigenvalue weighted by Gasteiger charge is -2.09. The van der Waals surface area contributed by atoms with E-state index in [1.54, 1.807) is 11.7 Å². The molecule has 0 unspecified atom stereocenters. The van der Waals surface area contributed by atoms with E-state index in [2.05, 4.69) is 19.2 Å². The summed E-state index contributed by atoms with van der Waals surface area (Å²) in [7, 11) is 1.62. The Bertz CT molecular complexity index is 1210. The number of ether oxygens (including phenoxy) is 1. The van der Waals surface area contributed by atoms with Crippen LogP contribution in [0.15, 0.2) is 48.5 Å². The zero-order valence-corrected chi connectivity index (χ0v) is 17.3. The first kappa shape index (κ1) is 19.7. The average molecular weight is 403 g/mol. The van der Waals surface area contributed by atoms with E-state index in [4.69, 9.17) is 20.4 Å². The van der Waals surface area contributed by atoms with Gasteiger partial charge in [-0.1, -0.05) is 26.0 Å². The summed E-state index contributed by atoms with van der Waals surface area (Å²) >= 11 is 0. The summed E-state index contributed by atoms with van der Waals surface area (Å²) in [5, 5.41) is 2.97. The molecule has 4 aromatic rings. The number of carbonyl (C=O) groups is 1. The summed E-state index contributed by atoms with van der Waals surface area (Å²) in [6, 6.07) is 15.0. The molecule has 0 saturated heterocycles. The number of hydrogen-bond acceptors (Lipinski definition) is 5. The standard InChI is InChI=1S/C23H25N5O2/c1-14(2)12-13-25-23(29)19-20-22(27-18-7-5-4-6-17(18)26-20)28(21(19)24)15-8-10-16(30-3)11-9-15/h4-11,14H,12-13,24H2,1-3H3,(H,25,29). The van der Waals surface area contributed by atoms with Crippen molar-refractivity contribution in [3.8, 4) is 11.4 Å². The van der Waals surface area contributed by atoms with Crippen LogP contribution in [0.1, 0.15) is 30.6 Å². The summed E-state index contributed by atoms with van der Waals surface area (Å²) < 4.78 is 7.02. The van der Waals surface area contributed by atoms with Crippen LogP contribution in [-0.4, -0.2) is 34.1 Å². The van der Waals surface area contributed by atoms with Crippen molar-refractivity contribution in [2.75, 3.05) is 19.4 Å². The molecule has 7 nitrogen and oxygen atoms in total. The Morgan fingerprint density at radius 1 is 1.10 bits per heavy atom. The predicted octanol–water partition coefficient (Wildman–Crippen LogP) is 3.94. The number of carbonyl (C=O) groups excluding carboxylic acids is 1. The van der Waals surface area contributed by atoms with Crippen LogP contribution in [0.4, 0.5) is 5.82 Å². The Morgan fingerprint density at radius 2 is 1.77 bits per heavy atom. The van der Waals surface area contributed by atoms with Gasteiger partial charge in [-0.3, -0.25) is 9.36 Å². The molecule has 154 valence electrons. The van der Waals surface area contributed by atoms with Gasteiger partial charge < -0.3 is 15.8 Å². The van der Waals surface area contributed by atoms with Crippen LogP contribution in [0.2, 0.25) is 0 Å². The fraction of sp³-hybridized carbons (Fsp3) is 0.261. The Morgan fingerprint density at radius 3 is 2.40 bits per heavy atom. The van der Waals surface area contributed by atoms with E-state index < -0.39 is 0 Å². The van der Waals surface area contributed by atoms with Gasteiger partial charge in [-0.15, -0.1) is 0 Å². The van der Waals surface area contributed by atoms with Crippen LogP contribution in [-0.2, 0) is 0 Å². The number of nitrogens with two attached hydrogens (primary N) is 1. The smallest absolute Gasteiger partial charge is 0.257 e. The number of nitrogens with zero attached hydrogens (tertiary/aromatic N) is 3. The first-order valence-electron chi connectivity index (χ1n) is 9.99. The molecule has 3 N–H and O–H groups in total. The monoisotopic (exact) mass is 403 g/mol. The quantitative estimate of drug-likeness (QED) is 0.508. The topological polar surface area (TPSA) is 95.1 Å². The molecule has 0 spiro atoms. The Kier molecular flexibility index (Phi) is 5.27. The molecule has 7 heteroatoms. The molecule has 1 amide bonds. The molecular formula is C23H25N5O2. The minimum absolute atomic E-state index is 0.241. The first-order chi connectivity index (χ1) is 14.5. The number of aromatic nitrogens is 3. The number of benzene rings is 2. The van der Waals surface area contributed by atoms with E-state index in [9.17, 15) is 4.79 Å². The molecule has 0 aliphatic heterocycles. The molecule has 0 saturated carbocycles. The van der Waals surface area contributed by atoms with Gasteiger partial charge in [0, 0.05) is 12.2 Å². The van der Waals surface area contributed by atoms with E-state index in [0.29, 0.717) is 40.5 Å². The minimum atomic E-state index is -0.241. The van der Waals surface area contributed by atoms with E-state index in [0.717, 1.165) is 23.4 Å². The largest absolute Gasteiger partial charge is 0.497 e. The third-order valence-corrected chi connectivity index (χ3v) is 5.06. The number of rotatable bonds is 6. The first-order valence-corrected chi connectivity index (χ1v) is 9.99. The number of hydrogen-bond donors (Lipinski definition) is 2. The molecule has 0 aliphatic carbocycles. The van der Waals surface area contributed by atoms with Crippen molar-refractivity contribution in [3.05, 3.63) is 54.1 Å². The van der Waals surface area contributed by atoms with E-state index in [-0.39, 0.29) is 5.91 Å². The maximum atomic E-state index is 13.0. The molecule has 2 aromatic heterocycles. The second kappa shape index (κ2) is 8.02. The van der Waals surface area contributed by atoms with Crippen LogP contribution in [0, 0.1) is 5.92 Å². The third-order valence-electron chi connectivity index (χ3n) is 5.06. The average Bonchev–Trinajstić information content (AvgIpc) is 3.02. The maximum Gasteiger partial charge on any atom is 0.257 e. The molecule has 0 fully saturated rings. The third kappa shape index (κ3) is 3.54. The maximum absolute atomic E-state index is 13.0. The highest BCUT2D eigenvalue weighted by Gasteiger charge is 2.24. The molecule has 2 aromatic carbocycles. The lowest BCUT2D eigenvalue weighted by atomic mass is 10.1. The van der Waals surface area contributed by atoms with Gasteiger partial charge in [0.05, 0.1) is 18.1 Å². The van der Waals surface area contributed by atoms with Gasteiger partial charge in [0.25, 0.3) is 5.91 Å². The van der Waals surface area contributed by atoms with E-state index in [1.807, 2.05) is 48.5 Å². The zero-order valence-electron chi connectivity index (χ0n) is 17.3. The molecule has 0 atom stereocenters. The van der Waals surface area contributed by atoms with Crippen molar-refractivity contribution >= 4 is 33.9 Å². The van der Waals surface area contributed by atoms with Gasteiger partial charge in [-0.2, -0.15) is 0 Å². The molecule has 0 bridgehead atoms. The van der Waals surface area contributed by atoms with Crippen molar-refractivity contribution in [1.82, 2.24) is 19.9 Å². The number of amides is 1. The SMILES string of the molecule is COc1ccc(-n2c(N)c(C(=O)NCCC(C)C)c3nc4ccccc4nc32)cc1. The Hall–Kier alpha value is -3.61. The van der Waals surface area contributed by atoms with Crippen molar-refractivity contribution < 1.29 is 9.53 Å². The molecule has 4 rings (SSSR count). The summed E-state index contributed by atoms with van der Waals surface area (Å²) in [6.07, 6.45) is 0.886. The summed E-state index contributed by atoms with van der Waals surface area (Å²) in [4.78, 5) is 22.6. The van der Waals surface area contributed by atoms with Gasteiger partial charge in [-0.05, 0) is 48.7 Å². The lowest BCUT2D eigenvalue weighted by molar-refractivity contribution is 0.0954. The molecule has 0 radical (unpaired) electrons. The van der Waals surface area contributed by atoms with Crippen molar-refractivity contribution in [2.45, 2.75) is 20.3 Å². The van der Waals surface area contributed by atoms with Gasteiger partial charge in [0.15, 0.2) is 5.65 Å². The number of nitrogens with one attached hydrogen (secondary N) is 1. The van der Waals surface area contributed by atoms with E-state index in [1.165, 1.54) is 0 Å². The van der Waals surface area contributed by atoms with Crippen LogP contribution < -0.4 is 15.8 Å². The van der Waals surface area contributed by atoms with Gasteiger partial charge in [0.1, 0.15) is 22.6 Å². The summed E-state index contributed by atoms with van der Waals surface area (Å²) in [5.41, 5.74) is 10.1. The second-order valence-corrected chi connectivity index (χ2v) is 7.62. The second-order valence-electron chi connectivity index (χ2n) is 7.62. The number of fused-ring (bicyclic) bond motifs is 2. The molecule has 2 heterocycles. The summed E-state index contributed by atoms with van der Waals surface area (Å²) in [5.74, 6) is 1.30. The van der Waals surface area contributed by atoms with Crippen LogP contribution in [0.5, 0.6) is 5.75 Å². The fourth-order valence-electron chi connectivity index (χ4n) is 3.44. The highest BCUT2D eigenvalue weighted by Crippen LogP contribution is 2.31. The normalized spacial score (nSPS) is 11.3. The van der Waals surface area contributed by atoms with Crippen LogP contribution in [0.3, 0.4) is 0 Å². The predicted molar refractivity (Wildman–Crippen MR) is 119 cm³/mol. The molecular weight excluding hydrogens is 378 g/mol. The highest BCUT2D eigenvalue weighted by molar-refractivity contribution is 6.11. The van der Waals surface area contributed by atoms with Crippen molar-refractivity contribution in [3.63, 3.8) is 0 Å². The highest BCUT2D eigenvalue weighted by atomic mass is 16.5. The van der Waals surface area contributed by atoms with Crippen LogP contribution in [0.25, 0.3) is 27.9 Å². The van der Waals surface area contributed by atoms with Gasteiger partial charge >= 0.3 is 0 Å². The lowest BCUT2D eigenvalue weighted by Crippen LogP contribution is -2.26. The van der Waals surface area contributed by atoms with Crippen molar-refractivity contribution in [2.24, 2.45) is 5.92 Å². The van der Waals surface area contributed by atoms with Crippen LogP contribution >= 0.6 is 0 Å². The zero-order chi connectivity index (χ0) is 21.3. The number of anilines is 1. The van der Waals surface area contributed by atoms with Gasteiger partial charge in [0.2, 0.25) is 0 Å². The van der Waals surface area contributed by atoms with Gasteiger partial charge in [-0.25, -0.2) is 9.97 Å². The van der Waals surface area contributed by atoms with Crippen molar-refractivity contribution in [1.29, 1.82) is 0 Å². The molecule has 30 heavy (non-hydrogen) atoms. The Balaban J connectivity index is 1.90. The summed E-state index contributed by atoms with van der Waals surface area (Å²) in [6.45, 7) is 4.81.